The van der Waals surface area contributed by atoms with Gasteiger partial charge in [-0.15, -0.1) is 0 Å². The van der Waals surface area contributed by atoms with E-state index in [9.17, 15) is 19.7 Å². The Labute approximate surface area is 251 Å². The average Bonchev–Trinajstić information content (AvgIpc) is 3.55. The fraction of sp³-hybridized carbons (Fsp3) is 0.207. The molecule has 11 nitrogen and oxygen atoms in total. The molecule has 1 aliphatic heterocycles. The Hall–Kier alpha value is -4.49. The SMILES string of the molecule is CCOC(=O)C1=C(C)N=c2s/c(=C\c3ccc(-c4ccc(Br)cc4[N+](=O)[O-])o3)c(=O)n2[C@@H]1c1cc(OC)ccc1OC. The maximum Gasteiger partial charge on any atom is 0.338 e. The van der Waals surface area contributed by atoms with Gasteiger partial charge in [-0.25, -0.2) is 9.79 Å². The number of nitrogens with zero attached hydrogens (tertiary/aromatic N) is 3. The Morgan fingerprint density at radius 1 is 1.19 bits per heavy atom. The Bertz CT molecular complexity index is 1940. The first-order valence-corrected chi connectivity index (χ1v) is 14.2. The molecular weight excluding hydrogens is 630 g/mol. The van der Waals surface area contributed by atoms with Crippen LogP contribution in [-0.4, -0.2) is 36.3 Å². The number of benzene rings is 2. The Morgan fingerprint density at radius 2 is 1.98 bits per heavy atom. The summed E-state index contributed by atoms with van der Waals surface area (Å²) in [5.41, 5.74) is 0.868. The third-order valence-electron chi connectivity index (χ3n) is 6.57. The summed E-state index contributed by atoms with van der Waals surface area (Å²) in [5.74, 6) is 0.932. The lowest BCUT2D eigenvalue weighted by atomic mass is 9.95. The number of nitro benzene ring substituents is 1. The molecule has 13 heteroatoms. The quantitative estimate of drug-likeness (QED) is 0.151. The van der Waals surface area contributed by atoms with Crippen molar-refractivity contribution in [3.05, 3.63) is 105 Å². The van der Waals surface area contributed by atoms with Crippen LogP contribution < -0.4 is 24.4 Å². The predicted molar refractivity (Wildman–Crippen MR) is 158 cm³/mol. The molecule has 0 unspecified atom stereocenters. The van der Waals surface area contributed by atoms with Crippen molar-refractivity contribution in [2.75, 3.05) is 20.8 Å². The standard InChI is InChI=1S/C29H24BrN3O8S/c1-5-40-28(35)25-15(2)31-29-32(26(25)20-13-17(38-3)7-10-22(20)39-4)27(34)24(42-29)14-18-8-11-23(41-18)19-9-6-16(30)12-21(19)33(36)37/h6-14,26H,5H2,1-4H3/b24-14-/t26-/m1/s1. The second-order valence-corrected chi connectivity index (χ2v) is 11.0. The van der Waals surface area contributed by atoms with Gasteiger partial charge >= 0.3 is 5.97 Å². The maximum atomic E-state index is 13.9. The number of halogens is 1. The first-order chi connectivity index (χ1) is 20.2. The van der Waals surface area contributed by atoms with E-state index >= 15 is 0 Å². The number of carbonyl (C=O) groups excluding carboxylic acids is 1. The van der Waals surface area contributed by atoms with Gasteiger partial charge in [0.1, 0.15) is 29.1 Å². The van der Waals surface area contributed by atoms with Crippen molar-refractivity contribution in [1.82, 2.24) is 4.57 Å². The van der Waals surface area contributed by atoms with Crippen molar-refractivity contribution in [2.45, 2.75) is 19.9 Å². The second-order valence-electron chi connectivity index (χ2n) is 9.03. The summed E-state index contributed by atoms with van der Waals surface area (Å²) >= 11 is 4.37. The van der Waals surface area contributed by atoms with Crippen molar-refractivity contribution < 1.29 is 28.3 Å². The van der Waals surface area contributed by atoms with Crippen LogP contribution in [0.15, 0.2) is 78.5 Å². The molecule has 0 fully saturated rings. The van der Waals surface area contributed by atoms with Crippen LogP contribution in [0.4, 0.5) is 5.69 Å². The number of aromatic nitrogens is 1. The largest absolute Gasteiger partial charge is 0.497 e. The van der Waals surface area contributed by atoms with Gasteiger partial charge in [-0.3, -0.25) is 19.5 Å². The van der Waals surface area contributed by atoms with E-state index in [1.165, 1.54) is 24.9 Å². The molecule has 2 aromatic carbocycles. The highest BCUT2D eigenvalue weighted by Gasteiger charge is 2.35. The van der Waals surface area contributed by atoms with Gasteiger partial charge in [0.15, 0.2) is 4.80 Å². The van der Waals surface area contributed by atoms with E-state index in [1.807, 2.05) is 0 Å². The number of nitro groups is 1. The van der Waals surface area contributed by atoms with E-state index in [0.29, 0.717) is 43.4 Å². The molecule has 0 spiro atoms. The van der Waals surface area contributed by atoms with Gasteiger partial charge in [-0.1, -0.05) is 27.3 Å². The molecule has 216 valence electrons. The number of rotatable bonds is 8. The summed E-state index contributed by atoms with van der Waals surface area (Å²) in [4.78, 5) is 43.2. The smallest absolute Gasteiger partial charge is 0.338 e. The number of hydrogen-bond acceptors (Lipinski definition) is 10. The third kappa shape index (κ3) is 5.28. The third-order valence-corrected chi connectivity index (χ3v) is 8.05. The molecule has 0 saturated carbocycles. The van der Waals surface area contributed by atoms with E-state index in [-0.39, 0.29) is 28.2 Å². The number of ether oxygens (including phenoxy) is 3. The van der Waals surface area contributed by atoms with Crippen molar-refractivity contribution >= 4 is 45.0 Å². The first kappa shape index (κ1) is 29.0. The molecule has 0 aliphatic carbocycles. The van der Waals surface area contributed by atoms with Crippen LogP contribution in [-0.2, 0) is 9.53 Å². The zero-order valence-electron chi connectivity index (χ0n) is 22.9. The summed E-state index contributed by atoms with van der Waals surface area (Å²) < 4.78 is 24.6. The van der Waals surface area contributed by atoms with E-state index < -0.39 is 22.5 Å². The van der Waals surface area contributed by atoms with Crippen LogP contribution in [0.2, 0.25) is 0 Å². The molecule has 0 radical (unpaired) electrons. The average molecular weight is 654 g/mol. The van der Waals surface area contributed by atoms with Crippen LogP contribution in [0.1, 0.15) is 31.2 Å². The van der Waals surface area contributed by atoms with Crippen molar-refractivity contribution in [3.63, 3.8) is 0 Å². The topological polar surface area (TPSA) is 135 Å². The van der Waals surface area contributed by atoms with Crippen LogP contribution in [0.25, 0.3) is 17.4 Å². The molecule has 2 aromatic heterocycles. The minimum atomic E-state index is -0.912. The van der Waals surface area contributed by atoms with E-state index in [0.717, 1.165) is 11.3 Å². The molecule has 3 heterocycles. The summed E-state index contributed by atoms with van der Waals surface area (Å²) in [5, 5.41) is 11.6. The van der Waals surface area contributed by atoms with Crippen LogP contribution in [0.3, 0.4) is 0 Å². The maximum absolute atomic E-state index is 13.9. The Morgan fingerprint density at radius 3 is 2.67 bits per heavy atom. The summed E-state index contributed by atoms with van der Waals surface area (Å²) in [6, 6.07) is 12.1. The lowest BCUT2D eigenvalue weighted by molar-refractivity contribution is -0.384. The number of allylic oxidation sites excluding steroid dienone is 1. The van der Waals surface area contributed by atoms with Crippen molar-refractivity contribution in [2.24, 2.45) is 4.99 Å². The molecule has 1 aliphatic rings. The molecule has 0 N–H and O–H groups in total. The number of furan rings is 1. The summed E-state index contributed by atoms with van der Waals surface area (Å²) in [6.07, 6.45) is 1.54. The van der Waals surface area contributed by atoms with Gasteiger partial charge in [-0.05, 0) is 56.3 Å². The Balaban J connectivity index is 1.68. The van der Waals surface area contributed by atoms with Crippen molar-refractivity contribution in [1.29, 1.82) is 0 Å². The van der Waals surface area contributed by atoms with E-state index in [4.69, 9.17) is 18.6 Å². The highest BCUT2D eigenvalue weighted by molar-refractivity contribution is 9.10. The highest BCUT2D eigenvalue weighted by Crippen LogP contribution is 2.38. The second kappa shape index (κ2) is 11.8. The lowest BCUT2D eigenvalue weighted by Crippen LogP contribution is -2.40. The number of fused-ring (bicyclic) bond motifs is 1. The minimum absolute atomic E-state index is 0.126. The molecule has 0 saturated heterocycles. The van der Waals surface area contributed by atoms with Gasteiger partial charge < -0.3 is 18.6 Å². The normalized spacial score (nSPS) is 14.8. The van der Waals surface area contributed by atoms with Crippen LogP contribution in [0, 0.1) is 10.1 Å². The zero-order valence-corrected chi connectivity index (χ0v) is 25.3. The highest BCUT2D eigenvalue weighted by atomic mass is 79.9. The number of hydrogen-bond donors (Lipinski definition) is 0. The fourth-order valence-corrected chi connectivity index (χ4v) is 6.08. The number of carbonyl (C=O) groups is 1. The van der Waals surface area contributed by atoms with Gasteiger partial charge in [0, 0.05) is 22.2 Å². The van der Waals surface area contributed by atoms with Gasteiger partial charge in [0.25, 0.3) is 11.2 Å². The lowest BCUT2D eigenvalue weighted by Gasteiger charge is -2.26. The Kier molecular flexibility index (Phi) is 8.14. The predicted octanol–water partition coefficient (Wildman–Crippen LogP) is 4.75. The van der Waals surface area contributed by atoms with Crippen LogP contribution in [0.5, 0.6) is 11.5 Å². The monoisotopic (exact) mass is 653 g/mol. The number of esters is 1. The molecular formula is C29H24BrN3O8S. The minimum Gasteiger partial charge on any atom is -0.497 e. The van der Waals surface area contributed by atoms with Gasteiger partial charge in [0.2, 0.25) is 0 Å². The molecule has 0 amide bonds. The number of thiazole rings is 1. The van der Waals surface area contributed by atoms with E-state index in [2.05, 4.69) is 20.9 Å². The molecule has 42 heavy (non-hydrogen) atoms. The molecule has 5 rings (SSSR count). The summed E-state index contributed by atoms with van der Waals surface area (Å²) in [7, 11) is 3.02. The molecule has 1 atom stereocenters. The zero-order chi connectivity index (χ0) is 30.1. The first-order valence-electron chi connectivity index (χ1n) is 12.6. The summed E-state index contributed by atoms with van der Waals surface area (Å²) in [6.45, 7) is 3.52. The molecule has 0 bridgehead atoms. The van der Waals surface area contributed by atoms with Gasteiger partial charge in [0.05, 0.1) is 47.1 Å². The molecule has 4 aromatic rings. The van der Waals surface area contributed by atoms with Gasteiger partial charge in [-0.2, -0.15) is 0 Å². The number of methoxy groups -OCH3 is 2. The van der Waals surface area contributed by atoms with E-state index in [1.54, 1.807) is 62.4 Å². The fourth-order valence-electron chi connectivity index (χ4n) is 4.71. The van der Waals surface area contributed by atoms with Crippen molar-refractivity contribution in [3.8, 4) is 22.8 Å². The van der Waals surface area contributed by atoms with Crippen LogP contribution >= 0.6 is 27.3 Å².